The maximum Gasteiger partial charge on any atom is 0.244 e. The number of benzene rings is 3. The Morgan fingerprint density at radius 1 is 0.846 bits per heavy atom. The summed E-state index contributed by atoms with van der Waals surface area (Å²) < 4.78 is 26.8. The van der Waals surface area contributed by atoms with Gasteiger partial charge in [0.1, 0.15) is 12.6 Å². The van der Waals surface area contributed by atoms with Crippen molar-refractivity contribution in [2.45, 2.75) is 59.2 Å². The van der Waals surface area contributed by atoms with Gasteiger partial charge in [-0.15, -0.1) is 0 Å². The Hall–Kier alpha value is -3.65. The summed E-state index contributed by atoms with van der Waals surface area (Å²) in [5.41, 5.74) is 4.21. The van der Waals surface area contributed by atoms with Crippen LogP contribution in [-0.4, -0.2) is 50.0 Å². The van der Waals surface area contributed by atoms with Crippen molar-refractivity contribution in [2.24, 2.45) is 0 Å². The highest BCUT2D eigenvalue weighted by Gasteiger charge is 2.33. The number of rotatable bonds is 12. The van der Waals surface area contributed by atoms with Crippen LogP contribution in [0.3, 0.4) is 0 Å². The zero-order valence-corrected chi connectivity index (χ0v) is 24.2. The van der Waals surface area contributed by atoms with Crippen LogP contribution in [-0.2, 0) is 32.6 Å². The van der Waals surface area contributed by atoms with Gasteiger partial charge >= 0.3 is 0 Å². The Bertz CT molecular complexity index is 1340. The molecule has 0 saturated heterocycles. The zero-order chi connectivity index (χ0) is 28.6. The topological polar surface area (TPSA) is 86.8 Å². The Balaban J connectivity index is 2.04. The molecule has 0 spiro atoms. The van der Waals surface area contributed by atoms with Crippen LogP contribution < -0.4 is 9.62 Å². The average Bonchev–Trinajstić information content (AvgIpc) is 2.90. The maximum absolute atomic E-state index is 14.0. The van der Waals surface area contributed by atoms with Crippen molar-refractivity contribution >= 4 is 27.5 Å². The number of carbonyl (C=O) groups is 2. The highest BCUT2D eigenvalue weighted by atomic mass is 32.2. The summed E-state index contributed by atoms with van der Waals surface area (Å²) in [5.74, 6) is -0.725. The number of anilines is 1. The van der Waals surface area contributed by atoms with E-state index in [0.717, 1.165) is 39.2 Å². The van der Waals surface area contributed by atoms with Gasteiger partial charge in [0.15, 0.2) is 0 Å². The minimum absolute atomic E-state index is 0.0767. The molecule has 0 fully saturated rings. The highest BCUT2D eigenvalue weighted by molar-refractivity contribution is 7.92. The molecule has 2 atom stereocenters. The van der Waals surface area contributed by atoms with E-state index < -0.39 is 28.5 Å². The van der Waals surface area contributed by atoms with Crippen LogP contribution in [0.15, 0.2) is 78.9 Å². The molecular formula is C31H39N3O4S. The first-order valence-electron chi connectivity index (χ1n) is 13.2. The van der Waals surface area contributed by atoms with E-state index in [-0.39, 0.29) is 18.5 Å². The first kappa shape index (κ1) is 29.9. The Morgan fingerprint density at radius 3 is 1.95 bits per heavy atom. The van der Waals surface area contributed by atoms with Gasteiger partial charge in [-0.3, -0.25) is 13.9 Å². The van der Waals surface area contributed by atoms with Crippen molar-refractivity contribution in [2.75, 3.05) is 17.1 Å². The number of sulfonamides is 1. The second-order valence-electron chi connectivity index (χ2n) is 10.1. The summed E-state index contributed by atoms with van der Waals surface area (Å²) in [4.78, 5) is 29.2. The molecule has 0 aliphatic carbocycles. The van der Waals surface area contributed by atoms with Gasteiger partial charge in [0.25, 0.3) is 0 Å². The fourth-order valence-corrected chi connectivity index (χ4v) is 5.06. The molecule has 0 unspecified atom stereocenters. The Morgan fingerprint density at radius 2 is 1.41 bits per heavy atom. The van der Waals surface area contributed by atoms with Crippen LogP contribution in [0.2, 0.25) is 0 Å². The summed E-state index contributed by atoms with van der Waals surface area (Å²) in [6.07, 6.45) is 2.12. The number of hydrogen-bond donors (Lipinski definition) is 1. The molecule has 1 N–H and O–H groups in total. The van der Waals surface area contributed by atoms with E-state index in [1.165, 1.54) is 4.90 Å². The highest BCUT2D eigenvalue weighted by Crippen LogP contribution is 2.21. The van der Waals surface area contributed by atoms with E-state index in [0.29, 0.717) is 12.1 Å². The summed E-state index contributed by atoms with van der Waals surface area (Å²) in [5, 5.41) is 3.04. The molecule has 0 saturated carbocycles. The van der Waals surface area contributed by atoms with E-state index in [4.69, 9.17) is 0 Å². The molecule has 0 aromatic heterocycles. The minimum atomic E-state index is -3.78. The molecule has 3 aromatic rings. The lowest BCUT2D eigenvalue weighted by molar-refractivity contribution is -0.140. The largest absolute Gasteiger partial charge is 0.352 e. The number of nitrogens with one attached hydrogen (secondary N) is 1. The standard InChI is InChI=1S/C31H39N3O4S/c1-6-25(4)32-31(36)29(20-26-10-8-7-9-11-26)33(21-27-16-12-23(2)13-17-27)30(35)22-34(39(5,37)38)28-18-14-24(3)15-19-28/h7-19,25,29H,6,20-22H2,1-5H3,(H,32,36)/t25-,29-/m1/s1. The van der Waals surface area contributed by atoms with E-state index in [2.05, 4.69) is 5.32 Å². The summed E-state index contributed by atoms with van der Waals surface area (Å²) >= 11 is 0. The predicted octanol–water partition coefficient (Wildman–Crippen LogP) is 4.62. The van der Waals surface area contributed by atoms with Crippen LogP contribution in [0, 0.1) is 13.8 Å². The third-order valence-corrected chi connectivity index (χ3v) is 7.89. The van der Waals surface area contributed by atoms with Gasteiger partial charge in [0.05, 0.1) is 11.9 Å². The Labute approximate surface area is 232 Å². The summed E-state index contributed by atoms with van der Waals surface area (Å²) in [7, 11) is -3.78. The van der Waals surface area contributed by atoms with Crippen molar-refractivity contribution in [1.82, 2.24) is 10.2 Å². The number of nitrogens with zero attached hydrogens (tertiary/aromatic N) is 2. The molecule has 39 heavy (non-hydrogen) atoms. The molecule has 8 heteroatoms. The van der Waals surface area contributed by atoms with Crippen molar-refractivity contribution in [3.05, 3.63) is 101 Å². The maximum atomic E-state index is 14.0. The molecule has 0 aliphatic rings. The Kier molecular flexibility index (Phi) is 10.3. The van der Waals surface area contributed by atoms with Crippen molar-refractivity contribution < 1.29 is 18.0 Å². The lowest BCUT2D eigenvalue weighted by atomic mass is 10.0. The van der Waals surface area contributed by atoms with Gasteiger partial charge in [-0.05, 0) is 50.5 Å². The van der Waals surface area contributed by atoms with Gasteiger partial charge in [-0.2, -0.15) is 0 Å². The van der Waals surface area contributed by atoms with E-state index in [1.807, 2.05) is 82.3 Å². The van der Waals surface area contributed by atoms with Crippen molar-refractivity contribution in [3.8, 4) is 0 Å². The number of aryl methyl sites for hydroxylation is 2. The molecule has 208 valence electrons. The van der Waals surface area contributed by atoms with E-state index in [1.54, 1.807) is 24.3 Å². The fraction of sp³-hybridized carbons (Fsp3) is 0.355. The monoisotopic (exact) mass is 549 g/mol. The molecule has 0 aliphatic heterocycles. The zero-order valence-electron chi connectivity index (χ0n) is 23.4. The number of hydrogen-bond acceptors (Lipinski definition) is 4. The fourth-order valence-electron chi connectivity index (χ4n) is 4.21. The molecule has 0 bridgehead atoms. The SMILES string of the molecule is CC[C@@H](C)NC(=O)[C@@H](Cc1ccccc1)N(Cc1ccc(C)cc1)C(=O)CN(c1ccc(C)cc1)S(C)(=O)=O. The van der Waals surface area contributed by atoms with Crippen molar-refractivity contribution in [3.63, 3.8) is 0 Å². The van der Waals surface area contributed by atoms with Gasteiger partial charge in [0.2, 0.25) is 21.8 Å². The first-order valence-corrected chi connectivity index (χ1v) is 15.1. The summed E-state index contributed by atoms with van der Waals surface area (Å²) in [6, 6.07) is 23.4. The molecule has 7 nitrogen and oxygen atoms in total. The first-order chi connectivity index (χ1) is 18.5. The molecule has 2 amide bonds. The lowest BCUT2D eigenvalue weighted by Crippen LogP contribution is -2.54. The quantitative estimate of drug-likeness (QED) is 0.357. The molecule has 0 heterocycles. The molecular weight excluding hydrogens is 510 g/mol. The smallest absolute Gasteiger partial charge is 0.244 e. The van der Waals surface area contributed by atoms with Crippen LogP contribution >= 0.6 is 0 Å². The molecule has 3 aromatic carbocycles. The lowest BCUT2D eigenvalue weighted by Gasteiger charge is -2.34. The van der Waals surface area contributed by atoms with Crippen LogP contribution in [0.25, 0.3) is 0 Å². The van der Waals surface area contributed by atoms with Crippen LogP contribution in [0.4, 0.5) is 5.69 Å². The third kappa shape index (κ3) is 8.68. The van der Waals surface area contributed by atoms with Gasteiger partial charge in [0, 0.05) is 19.0 Å². The van der Waals surface area contributed by atoms with Crippen LogP contribution in [0.1, 0.15) is 42.5 Å². The molecule has 0 radical (unpaired) electrons. The van der Waals surface area contributed by atoms with Gasteiger partial charge in [-0.1, -0.05) is 84.8 Å². The van der Waals surface area contributed by atoms with Crippen LogP contribution in [0.5, 0.6) is 0 Å². The average molecular weight is 550 g/mol. The summed E-state index contributed by atoms with van der Waals surface area (Å²) in [6.45, 7) is 7.54. The van der Waals surface area contributed by atoms with Gasteiger partial charge in [-0.25, -0.2) is 8.42 Å². The molecule has 3 rings (SSSR count). The van der Waals surface area contributed by atoms with E-state index in [9.17, 15) is 18.0 Å². The minimum Gasteiger partial charge on any atom is -0.352 e. The van der Waals surface area contributed by atoms with Gasteiger partial charge < -0.3 is 10.2 Å². The normalized spacial score (nSPS) is 12.8. The van der Waals surface area contributed by atoms with Crippen molar-refractivity contribution in [1.29, 1.82) is 0 Å². The second kappa shape index (κ2) is 13.4. The third-order valence-electron chi connectivity index (χ3n) is 6.75. The number of amides is 2. The predicted molar refractivity (Wildman–Crippen MR) is 157 cm³/mol. The number of carbonyl (C=O) groups excluding carboxylic acids is 2. The van der Waals surface area contributed by atoms with E-state index >= 15 is 0 Å². The second-order valence-corrected chi connectivity index (χ2v) is 12.0.